The SMILES string of the molecule is C=CCN(C(=O)C1CCN(S(=O)(=O)c2ccc(C)cc2)CC1)C1CCS(=O)(=O)C1. The summed E-state index contributed by atoms with van der Waals surface area (Å²) in [6.45, 7) is 6.45. The standard InChI is InChI=1S/C20H28N2O5S2/c1-3-11-22(18-10-14-28(24,25)15-18)20(23)17-8-12-21(13-9-17)29(26,27)19-6-4-16(2)5-7-19/h3-7,17-18H,1,8-15H2,2H3. The first-order chi connectivity index (χ1) is 13.6. The van der Waals surface area contributed by atoms with Crippen molar-refractivity contribution >= 4 is 25.8 Å². The van der Waals surface area contributed by atoms with E-state index in [2.05, 4.69) is 6.58 Å². The Morgan fingerprint density at radius 2 is 1.83 bits per heavy atom. The van der Waals surface area contributed by atoms with Gasteiger partial charge in [-0.3, -0.25) is 4.79 Å². The van der Waals surface area contributed by atoms with Gasteiger partial charge in [-0.2, -0.15) is 4.31 Å². The molecule has 2 fully saturated rings. The molecule has 1 aromatic carbocycles. The van der Waals surface area contributed by atoms with E-state index in [9.17, 15) is 21.6 Å². The summed E-state index contributed by atoms with van der Waals surface area (Å²) < 4.78 is 50.8. The minimum atomic E-state index is -3.58. The van der Waals surface area contributed by atoms with Gasteiger partial charge in [0.15, 0.2) is 9.84 Å². The van der Waals surface area contributed by atoms with E-state index in [0.717, 1.165) is 5.56 Å². The molecule has 2 heterocycles. The molecule has 0 spiro atoms. The van der Waals surface area contributed by atoms with Crippen molar-refractivity contribution in [2.24, 2.45) is 5.92 Å². The molecular formula is C20H28N2O5S2. The molecule has 1 atom stereocenters. The molecule has 160 valence electrons. The number of carbonyl (C=O) groups excluding carboxylic acids is 1. The maximum atomic E-state index is 13.1. The van der Waals surface area contributed by atoms with Crippen LogP contribution in [-0.4, -0.2) is 69.1 Å². The number of nitrogens with zero attached hydrogens (tertiary/aromatic N) is 2. The van der Waals surface area contributed by atoms with Crippen LogP contribution in [0.1, 0.15) is 24.8 Å². The summed E-state index contributed by atoms with van der Waals surface area (Å²) in [6, 6.07) is 6.43. The molecule has 2 aliphatic heterocycles. The van der Waals surface area contributed by atoms with E-state index in [0.29, 0.717) is 25.8 Å². The first kappa shape index (κ1) is 22.0. The Labute approximate surface area is 173 Å². The second-order valence-electron chi connectivity index (χ2n) is 7.83. The number of rotatable bonds is 6. The minimum absolute atomic E-state index is 0.00672. The van der Waals surface area contributed by atoms with Gasteiger partial charge in [0.1, 0.15) is 0 Å². The molecule has 29 heavy (non-hydrogen) atoms. The van der Waals surface area contributed by atoms with Crippen molar-refractivity contribution < 1.29 is 21.6 Å². The largest absolute Gasteiger partial charge is 0.335 e. The van der Waals surface area contributed by atoms with Gasteiger partial charge in [-0.1, -0.05) is 23.8 Å². The highest BCUT2D eigenvalue weighted by molar-refractivity contribution is 7.91. The smallest absolute Gasteiger partial charge is 0.243 e. The van der Waals surface area contributed by atoms with Gasteiger partial charge in [-0.25, -0.2) is 16.8 Å². The molecule has 1 amide bonds. The summed E-state index contributed by atoms with van der Waals surface area (Å²) in [5.74, 6) is -0.305. The summed E-state index contributed by atoms with van der Waals surface area (Å²) in [6.07, 6.45) is 2.91. The third-order valence-corrected chi connectivity index (χ3v) is 9.38. The van der Waals surface area contributed by atoms with Gasteiger partial charge < -0.3 is 4.90 Å². The van der Waals surface area contributed by atoms with Crippen LogP contribution in [0.3, 0.4) is 0 Å². The Morgan fingerprint density at radius 1 is 1.21 bits per heavy atom. The molecule has 0 saturated carbocycles. The van der Waals surface area contributed by atoms with Crippen LogP contribution in [0.2, 0.25) is 0 Å². The van der Waals surface area contributed by atoms with Gasteiger partial charge in [0.05, 0.1) is 16.4 Å². The lowest BCUT2D eigenvalue weighted by Crippen LogP contribution is -2.48. The van der Waals surface area contributed by atoms with Gasteiger partial charge in [0.25, 0.3) is 0 Å². The van der Waals surface area contributed by atoms with E-state index in [1.54, 1.807) is 35.2 Å². The van der Waals surface area contributed by atoms with Gasteiger partial charge in [-0.05, 0) is 38.3 Å². The Balaban J connectivity index is 1.66. The number of hydrogen-bond acceptors (Lipinski definition) is 5. The number of piperidine rings is 1. The lowest BCUT2D eigenvalue weighted by atomic mass is 9.95. The predicted octanol–water partition coefficient (Wildman–Crippen LogP) is 1.60. The maximum Gasteiger partial charge on any atom is 0.243 e. The molecule has 0 N–H and O–H groups in total. The zero-order chi connectivity index (χ0) is 21.2. The molecule has 0 bridgehead atoms. The molecule has 1 aromatic rings. The molecule has 0 aromatic heterocycles. The number of sulfone groups is 1. The normalized spacial score (nSPS) is 23.0. The van der Waals surface area contributed by atoms with Crippen LogP contribution in [0.4, 0.5) is 0 Å². The van der Waals surface area contributed by atoms with E-state index in [-0.39, 0.29) is 47.4 Å². The summed E-state index contributed by atoms with van der Waals surface area (Å²) >= 11 is 0. The Hall–Kier alpha value is -1.71. The highest BCUT2D eigenvalue weighted by Crippen LogP contribution is 2.27. The fourth-order valence-electron chi connectivity index (χ4n) is 4.02. The number of sulfonamides is 1. The van der Waals surface area contributed by atoms with Crippen LogP contribution in [-0.2, 0) is 24.7 Å². The molecule has 2 saturated heterocycles. The molecular weight excluding hydrogens is 412 g/mol. The zero-order valence-electron chi connectivity index (χ0n) is 16.7. The summed E-state index contributed by atoms with van der Waals surface area (Å²) in [4.78, 5) is 14.9. The topological polar surface area (TPSA) is 91.8 Å². The molecule has 0 aliphatic carbocycles. The lowest BCUT2D eigenvalue weighted by Gasteiger charge is -2.35. The molecule has 1 unspecified atom stereocenters. The first-order valence-corrected chi connectivity index (χ1v) is 13.1. The van der Waals surface area contributed by atoms with Crippen LogP contribution < -0.4 is 0 Å². The van der Waals surface area contributed by atoms with Gasteiger partial charge >= 0.3 is 0 Å². The fourth-order valence-corrected chi connectivity index (χ4v) is 7.22. The minimum Gasteiger partial charge on any atom is -0.335 e. The number of amides is 1. The molecule has 3 rings (SSSR count). The second kappa shape index (κ2) is 8.57. The van der Waals surface area contributed by atoms with Gasteiger partial charge in [-0.15, -0.1) is 6.58 Å². The van der Waals surface area contributed by atoms with Crippen LogP contribution in [0, 0.1) is 12.8 Å². The quantitative estimate of drug-likeness (QED) is 0.627. The number of carbonyl (C=O) groups is 1. The van der Waals surface area contributed by atoms with Crippen LogP contribution in [0.5, 0.6) is 0 Å². The number of benzene rings is 1. The highest BCUT2D eigenvalue weighted by Gasteiger charge is 2.38. The maximum absolute atomic E-state index is 13.1. The van der Waals surface area contributed by atoms with Crippen molar-refractivity contribution in [2.45, 2.75) is 37.1 Å². The molecule has 7 nitrogen and oxygen atoms in total. The third-order valence-electron chi connectivity index (χ3n) is 5.72. The van der Waals surface area contributed by atoms with E-state index >= 15 is 0 Å². The summed E-state index contributed by atoms with van der Waals surface area (Å²) in [7, 11) is -6.68. The van der Waals surface area contributed by atoms with Crippen LogP contribution in [0.25, 0.3) is 0 Å². The van der Waals surface area contributed by atoms with Crippen molar-refractivity contribution in [1.82, 2.24) is 9.21 Å². The Morgan fingerprint density at radius 3 is 2.34 bits per heavy atom. The first-order valence-electron chi connectivity index (χ1n) is 9.82. The Kier molecular flexibility index (Phi) is 6.50. The van der Waals surface area contributed by atoms with Crippen molar-refractivity contribution in [3.63, 3.8) is 0 Å². The summed E-state index contributed by atoms with van der Waals surface area (Å²) in [5.41, 5.74) is 0.990. The van der Waals surface area contributed by atoms with Gasteiger partial charge in [0, 0.05) is 31.6 Å². The number of aryl methyl sites for hydroxylation is 1. The van der Waals surface area contributed by atoms with Crippen molar-refractivity contribution in [3.8, 4) is 0 Å². The highest BCUT2D eigenvalue weighted by atomic mass is 32.2. The second-order valence-corrected chi connectivity index (χ2v) is 12.0. The molecule has 0 radical (unpaired) electrons. The predicted molar refractivity (Wildman–Crippen MR) is 112 cm³/mol. The average molecular weight is 441 g/mol. The van der Waals surface area contributed by atoms with E-state index in [4.69, 9.17) is 0 Å². The fraction of sp³-hybridized carbons (Fsp3) is 0.550. The Bertz CT molecular complexity index is 963. The third kappa shape index (κ3) is 4.90. The molecule has 9 heteroatoms. The van der Waals surface area contributed by atoms with Crippen molar-refractivity contribution in [2.75, 3.05) is 31.1 Å². The summed E-state index contributed by atoms with van der Waals surface area (Å²) in [5, 5.41) is 0. The molecule has 2 aliphatic rings. The van der Waals surface area contributed by atoms with Gasteiger partial charge in [0.2, 0.25) is 15.9 Å². The zero-order valence-corrected chi connectivity index (χ0v) is 18.3. The average Bonchev–Trinajstić information content (AvgIpc) is 3.05. The number of hydrogen-bond donors (Lipinski definition) is 0. The van der Waals surface area contributed by atoms with E-state index in [1.807, 2.05) is 6.92 Å². The van der Waals surface area contributed by atoms with E-state index in [1.165, 1.54) is 4.31 Å². The van der Waals surface area contributed by atoms with E-state index < -0.39 is 19.9 Å². The van der Waals surface area contributed by atoms with Crippen LogP contribution >= 0.6 is 0 Å². The van der Waals surface area contributed by atoms with Crippen molar-refractivity contribution in [3.05, 3.63) is 42.5 Å². The van der Waals surface area contributed by atoms with Crippen molar-refractivity contribution in [1.29, 1.82) is 0 Å². The lowest BCUT2D eigenvalue weighted by molar-refractivity contribution is -0.138. The van der Waals surface area contributed by atoms with Crippen LogP contribution in [0.15, 0.2) is 41.8 Å². The monoisotopic (exact) mass is 440 g/mol.